The van der Waals surface area contributed by atoms with E-state index in [1.165, 1.54) is 0 Å². The number of thiazole rings is 2. The second kappa shape index (κ2) is 16.2. The Hall–Kier alpha value is -4.77. The van der Waals surface area contributed by atoms with Crippen LogP contribution in [-0.4, -0.2) is 46.9 Å². The molecular formula is C36H32ClN3O5S2. The van der Waals surface area contributed by atoms with Crippen molar-refractivity contribution >= 4 is 40.2 Å². The van der Waals surface area contributed by atoms with E-state index >= 15 is 0 Å². The maximum absolute atomic E-state index is 10.5. The third-order valence-corrected chi connectivity index (χ3v) is 8.90. The third kappa shape index (κ3) is 8.94. The van der Waals surface area contributed by atoms with Crippen LogP contribution in [0.4, 0.5) is 0 Å². The van der Waals surface area contributed by atoms with Gasteiger partial charge in [0.15, 0.2) is 18.1 Å². The Morgan fingerprint density at radius 3 is 1.91 bits per heavy atom. The van der Waals surface area contributed by atoms with Gasteiger partial charge in [-0.15, -0.1) is 22.7 Å². The quantitative estimate of drug-likeness (QED) is 0.144. The molecule has 0 fully saturated rings. The molecule has 11 heteroatoms. The number of pyridine rings is 1. The minimum absolute atomic E-state index is 0.345. The molecule has 3 heterocycles. The molecule has 0 unspecified atom stereocenters. The second-order valence-corrected chi connectivity index (χ2v) is 12.3. The first-order valence-electron chi connectivity index (χ1n) is 14.7. The van der Waals surface area contributed by atoms with E-state index in [-0.39, 0.29) is 6.61 Å². The lowest BCUT2D eigenvalue weighted by Crippen LogP contribution is -2.09. The molecule has 6 rings (SSSR count). The maximum Gasteiger partial charge on any atom is 0.341 e. The van der Waals surface area contributed by atoms with Gasteiger partial charge in [-0.2, -0.15) is 0 Å². The minimum Gasteiger partial charge on any atom is -0.493 e. The molecule has 0 saturated carbocycles. The number of aryl methyl sites for hydroxylation is 1. The number of methoxy groups -OCH3 is 2. The summed E-state index contributed by atoms with van der Waals surface area (Å²) in [6, 6.07) is 24.8. The average molecular weight is 686 g/mol. The number of hydrogen-bond donors (Lipinski definition) is 1. The fraction of sp³-hybridized carbons (Fsp3) is 0.167. The molecule has 0 aliphatic rings. The first-order chi connectivity index (χ1) is 22.9. The smallest absolute Gasteiger partial charge is 0.341 e. The van der Waals surface area contributed by atoms with Crippen LogP contribution in [0.5, 0.6) is 17.2 Å². The van der Waals surface area contributed by atoms with E-state index in [0.29, 0.717) is 17.2 Å². The number of carboxylic acids is 1. The van der Waals surface area contributed by atoms with Crippen molar-refractivity contribution in [1.29, 1.82) is 0 Å². The van der Waals surface area contributed by atoms with Crippen molar-refractivity contribution in [1.82, 2.24) is 15.0 Å². The van der Waals surface area contributed by atoms with Gasteiger partial charge in [0.2, 0.25) is 0 Å². The Labute approximate surface area is 286 Å². The van der Waals surface area contributed by atoms with E-state index in [9.17, 15) is 4.79 Å². The molecule has 3 aromatic carbocycles. The zero-order valence-electron chi connectivity index (χ0n) is 26.0. The van der Waals surface area contributed by atoms with Crippen LogP contribution in [0.25, 0.3) is 43.7 Å². The molecule has 0 atom stereocenters. The van der Waals surface area contributed by atoms with Gasteiger partial charge in [0, 0.05) is 49.9 Å². The molecule has 0 aliphatic carbocycles. The van der Waals surface area contributed by atoms with Gasteiger partial charge in [0.25, 0.3) is 0 Å². The Balaban J connectivity index is 0.000000186. The maximum atomic E-state index is 10.5. The molecule has 0 radical (unpaired) electrons. The van der Waals surface area contributed by atoms with E-state index in [4.69, 9.17) is 40.9 Å². The number of aromatic nitrogens is 3. The topological polar surface area (TPSA) is 104 Å². The van der Waals surface area contributed by atoms with Crippen LogP contribution < -0.4 is 14.2 Å². The lowest BCUT2D eigenvalue weighted by molar-refractivity contribution is -0.139. The molecule has 8 nitrogen and oxygen atoms in total. The van der Waals surface area contributed by atoms with Crippen LogP contribution in [-0.2, 0) is 11.2 Å². The van der Waals surface area contributed by atoms with E-state index < -0.39 is 5.97 Å². The molecule has 0 aliphatic heterocycles. The zero-order valence-corrected chi connectivity index (χ0v) is 28.4. The standard InChI is InChI=1S/C19H18N2O3S.C17H14ClNO2S/c1-2-3-15-10-14(8-9-20-15)19-21-17(12-25-19)13-4-6-16(7-5-13)24-11-18(22)23;1-20-15-8-5-12(9-16(15)21-2)17-19-14(10-22-17)11-3-6-13(18)7-4-11/h4-10,12H,2-3,11H2,1H3,(H,22,23);3-10H,1-2H3. The first-order valence-corrected chi connectivity index (χ1v) is 16.8. The highest BCUT2D eigenvalue weighted by Gasteiger charge is 2.11. The molecule has 0 spiro atoms. The van der Waals surface area contributed by atoms with E-state index in [0.717, 1.165) is 67.2 Å². The van der Waals surface area contributed by atoms with E-state index in [2.05, 4.69) is 18.0 Å². The van der Waals surface area contributed by atoms with Crippen molar-refractivity contribution in [3.05, 3.63) is 107 Å². The molecule has 6 aromatic rings. The monoisotopic (exact) mass is 685 g/mol. The molecule has 0 saturated heterocycles. The minimum atomic E-state index is -0.993. The highest BCUT2D eigenvalue weighted by atomic mass is 35.5. The summed E-state index contributed by atoms with van der Waals surface area (Å²) in [5.41, 5.74) is 7.00. The van der Waals surface area contributed by atoms with E-state index in [1.807, 2.05) is 77.6 Å². The molecular weight excluding hydrogens is 654 g/mol. The summed E-state index contributed by atoms with van der Waals surface area (Å²) < 4.78 is 15.7. The Morgan fingerprint density at radius 2 is 1.34 bits per heavy atom. The molecule has 47 heavy (non-hydrogen) atoms. The van der Waals surface area contributed by atoms with Crippen molar-refractivity contribution in [3.63, 3.8) is 0 Å². The summed E-state index contributed by atoms with van der Waals surface area (Å²) in [6.45, 7) is 1.79. The molecule has 0 amide bonds. The lowest BCUT2D eigenvalue weighted by atomic mass is 10.1. The van der Waals surface area contributed by atoms with Crippen LogP contribution in [0.3, 0.4) is 0 Å². The van der Waals surface area contributed by atoms with Gasteiger partial charge in [0.05, 0.1) is 25.6 Å². The van der Waals surface area contributed by atoms with Gasteiger partial charge in [-0.3, -0.25) is 4.98 Å². The SMILES string of the molecule is CCCc1cc(-c2nc(-c3ccc(OCC(=O)O)cc3)cs2)ccn1.COc1ccc(-c2nc(-c3ccc(Cl)cc3)cs2)cc1OC. The predicted molar refractivity (Wildman–Crippen MR) is 189 cm³/mol. The Kier molecular flexibility index (Phi) is 11.6. The molecule has 1 N–H and O–H groups in total. The van der Waals surface area contributed by atoms with Gasteiger partial charge < -0.3 is 19.3 Å². The fourth-order valence-electron chi connectivity index (χ4n) is 4.54. The second-order valence-electron chi connectivity index (χ2n) is 10.1. The van der Waals surface area contributed by atoms with Crippen LogP contribution >= 0.6 is 34.3 Å². The number of halogens is 1. The van der Waals surface area contributed by atoms with E-state index in [1.54, 1.807) is 49.0 Å². The normalized spacial score (nSPS) is 10.6. The van der Waals surface area contributed by atoms with Gasteiger partial charge in [-0.1, -0.05) is 37.1 Å². The fourth-order valence-corrected chi connectivity index (χ4v) is 6.32. The van der Waals surface area contributed by atoms with Crippen LogP contribution in [0.2, 0.25) is 5.02 Å². The van der Waals surface area contributed by atoms with Crippen molar-refractivity contribution in [2.45, 2.75) is 19.8 Å². The van der Waals surface area contributed by atoms with Crippen LogP contribution in [0, 0.1) is 0 Å². The number of rotatable bonds is 11. The van der Waals surface area contributed by atoms with Crippen molar-refractivity contribution < 1.29 is 24.1 Å². The number of carbonyl (C=O) groups is 1. The van der Waals surface area contributed by atoms with Crippen LogP contribution in [0.1, 0.15) is 19.0 Å². The number of ether oxygens (including phenoxy) is 3. The summed E-state index contributed by atoms with van der Waals surface area (Å²) >= 11 is 9.11. The summed E-state index contributed by atoms with van der Waals surface area (Å²) in [5.74, 6) is 0.942. The number of carboxylic acid groups (broad SMARTS) is 1. The highest BCUT2D eigenvalue weighted by Crippen LogP contribution is 2.35. The van der Waals surface area contributed by atoms with Crippen LogP contribution in [0.15, 0.2) is 95.8 Å². The summed E-state index contributed by atoms with van der Waals surface area (Å²) in [7, 11) is 3.25. The Bertz CT molecular complexity index is 1920. The number of aliphatic carboxylic acids is 1. The lowest BCUT2D eigenvalue weighted by Gasteiger charge is -2.08. The first kappa shape index (κ1) is 33.6. The highest BCUT2D eigenvalue weighted by molar-refractivity contribution is 7.13. The number of nitrogens with zero attached hydrogens (tertiary/aromatic N) is 3. The number of benzene rings is 3. The Morgan fingerprint density at radius 1 is 0.766 bits per heavy atom. The predicted octanol–water partition coefficient (Wildman–Crippen LogP) is 9.44. The average Bonchev–Trinajstić information content (AvgIpc) is 3.80. The summed E-state index contributed by atoms with van der Waals surface area (Å²) in [4.78, 5) is 24.3. The summed E-state index contributed by atoms with van der Waals surface area (Å²) in [6.07, 6.45) is 3.86. The van der Waals surface area contributed by atoms with Gasteiger partial charge in [-0.05, 0) is 73.2 Å². The third-order valence-electron chi connectivity index (χ3n) is 6.86. The number of hydrogen-bond acceptors (Lipinski definition) is 9. The van der Waals surface area contributed by atoms with Gasteiger partial charge >= 0.3 is 5.97 Å². The molecule has 3 aromatic heterocycles. The van der Waals surface area contributed by atoms with Gasteiger partial charge in [-0.25, -0.2) is 14.8 Å². The van der Waals surface area contributed by atoms with Crippen molar-refractivity contribution in [3.8, 4) is 60.9 Å². The van der Waals surface area contributed by atoms with Crippen molar-refractivity contribution in [2.24, 2.45) is 0 Å². The largest absolute Gasteiger partial charge is 0.493 e. The zero-order chi connectivity index (χ0) is 33.2. The van der Waals surface area contributed by atoms with Crippen molar-refractivity contribution in [2.75, 3.05) is 20.8 Å². The molecule has 0 bridgehead atoms. The van der Waals surface area contributed by atoms with Gasteiger partial charge in [0.1, 0.15) is 15.8 Å². The molecule has 240 valence electrons. The summed E-state index contributed by atoms with van der Waals surface area (Å²) in [5, 5.41) is 15.3.